The second-order valence-electron chi connectivity index (χ2n) is 5.23. The zero-order valence-corrected chi connectivity index (χ0v) is 18.0. The molecular formula is C18H30O6P2. The number of benzene rings is 1. The zero-order valence-electron chi connectivity index (χ0n) is 16.2. The summed E-state index contributed by atoms with van der Waals surface area (Å²) < 4.78 is 49.5. The number of allylic oxidation sites excluding steroid dienone is 2. The van der Waals surface area contributed by atoms with E-state index in [1.54, 1.807) is 40.7 Å². The van der Waals surface area contributed by atoms with E-state index in [1.165, 1.54) is 0 Å². The summed E-state index contributed by atoms with van der Waals surface area (Å²) in [6, 6.07) is 9.30. The van der Waals surface area contributed by atoms with Gasteiger partial charge in [0.1, 0.15) is 0 Å². The van der Waals surface area contributed by atoms with E-state index in [2.05, 4.69) is 0 Å². The maximum Gasteiger partial charge on any atom is 0.350 e. The Morgan fingerprint density at radius 3 is 1.54 bits per heavy atom. The lowest BCUT2D eigenvalue weighted by molar-refractivity contribution is 0.200. The third-order valence-corrected chi connectivity index (χ3v) is 9.46. The fourth-order valence-corrected chi connectivity index (χ4v) is 8.30. The van der Waals surface area contributed by atoms with Gasteiger partial charge in [-0.3, -0.25) is 9.13 Å². The van der Waals surface area contributed by atoms with Gasteiger partial charge in [0, 0.05) is 0 Å². The quantitative estimate of drug-likeness (QED) is 0.401. The van der Waals surface area contributed by atoms with Crippen LogP contribution in [0.2, 0.25) is 0 Å². The van der Waals surface area contributed by atoms with Crippen LogP contribution in [0.15, 0.2) is 36.4 Å². The van der Waals surface area contributed by atoms with Crippen LogP contribution >= 0.6 is 15.2 Å². The Labute approximate surface area is 157 Å². The molecule has 0 saturated heterocycles. The molecule has 0 amide bonds. The molecule has 0 aliphatic carbocycles. The van der Waals surface area contributed by atoms with Crippen molar-refractivity contribution in [1.29, 1.82) is 0 Å². The molecule has 26 heavy (non-hydrogen) atoms. The lowest BCUT2D eigenvalue weighted by atomic mass is 10.1. The van der Waals surface area contributed by atoms with Crippen molar-refractivity contribution in [2.24, 2.45) is 0 Å². The predicted octanol–water partition coefficient (Wildman–Crippen LogP) is 5.95. The first kappa shape index (κ1) is 23.3. The second-order valence-corrected chi connectivity index (χ2v) is 9.87. The summed E-state index contributed by atoms with van der Waals surface area (Å²) in [7, 11) is -7.66. The molecule has 148 valence electrons. The molecule has 1 rings (SSSR count). The fourth-order valence-electron chi connectivity index (χ4n) is 2.69. The maximum atomic E-state index is 13.7. The van der Waals surface area contributed by atoms with E-state index < -0.39 is 20.6 Å². The van der Waals surface area contributed by atoms with Crippen LogP contribution in [0, 0.1) is 0 Å². The minimum Gasteiger partial charge on any atom is -0.308 e. The summed E-state index contributed by atoms with van der Waals surface area (Å²) in [5.41, 5.74) is 1.32. The Kier molecular flexibility index (Phi) is 10.0. The van der Waals surface area contributed by atoms with Gasteiger partial charge in [-0.25, -0.2) is 0 Å². The topological polar surface area (TPSA) is 71.1 Å². The predicted molar refractivity (Wildman–Crippen MR) is 106 cm³/mol. The second kappa shape index (κ2) is 11.2. The van der Waals surface area contributed by atoms with Crippen molar-refractivity contribution in [3.05, 3.63) is 42.0 Å². The van der Waals surface area contributed by atoms with E-state index in [0.29, 0.717) is 5.57 Å². The molecule has 0 aliphatic heterocycles. The van der Waals surface area contributed by atoms with Gasteiger partial charge in [-0.1, -0.05) is 36.4 Å². The lowest BCUT2D eigenvalue weighted by Gasteiger charge is -2.33. The van der Waals surface area contributed by atoms with Crippen molar-refractivity contribution >= 4 is 20.8 Å². The molecule has 0 heterocycles. The summed E-state index contributed by atoms with van der Waals surface area (Å²) in [5.74, 6) is 0. The average Bonchev–Trinajstić information content (AvgIpc) is 2.61. The molecule has 0 bridgehead atoms. The standard InChI is InChI=1S/C18H30O6P2/c1-6-17(16-14-12-11-13-15-16)18(25(19,21-7-2)22-8-3)26(20,23-9-4)24-10-5/h6,11-15,18H,7-10H2,1-5H3/b17-6+. The molecule has 8 heteroatoms. The van der Waals surface area contributed by atoms with Crippen molar-refractivity contribution in [3.8, 4) is 0 Å². The van der Waals surface area contributed by atoms with Gasteiger partial charge in [-0.05, 0) is 45.8 Å². The molecule has 0 N–H and O–H groups in total. The summed E-state index contributed by atoms with van der Waals surface area (Å²) in [4.78, 5) is 0. The minimum absolute atomic E-state index is 0.151. The summed E-state index contributed by atoms with van der Waals surface area (Å²) >= 11 is 0. The number of hydrogen-bond acceptors (Lipinski definition) is 6. The van der Waals surface area contributed by atoms with Crippen molar-refractivity contribution in [2.45, 2.75) is 40.0 Å². The fraction of sp³-hybridized carbons (Fsp3) is 0.556. The molecule has 0 atom stereocenters. The lowest BCUT2D eigenvalue weighted by Crippen LogP contribution is -2.19. The van der Waals surface area contributed by atoms with Gasteiger partial charge in [0.25, 0.3) is 0 Å². The van der Waals surface area contributed by atoms with Crippen LogP contribution in [0.5, 0.6) is 0 Å². The third kappa shape index (κ3) is 5.63. The highest BCUT2D eigenvalue weighted by Crippen LogP contribution is 2.73. The van der Waals surface area contributed by atoms with Crippen LogP contribution in [0.1, 0.15) is 40.2 Å². The van der Waals surface area contributed by atoms with E-state index in [9.17, 15) is 9.13 Å². The largest absolute Gasteiger partial charge is 0.350 e. The molecule has 1 aromatic rings. The van der Waals surface area contributed by atoms with Crippen LogP contribution in [-0.2, 0) is 27.2 Å². The first-order valence-corrected chi connectivity index (χ1v) is 12.1. The van der Waals surface area contributed by atoms with Crippen LogP contribution < -0.4 is 0 Å². The number of rotatable bonds is 12. The van der Waals surface area contributed by atoms with Gasteiger partial charge < -0.3 is 18.1 Å². The van der Waals surface area contributed by atoms with E-state index in [-0.39, 0.29) is 26.4 Å². The maximum absolute atomic E-state index is 13.7. The Morgan fingerprint density at radius 1 is 0.846 bits per heavy atom. The van der Waals surface area contributed by atoms with Crippen molar-refractivity contribution in [1.82, 2.24) is 0 Å². The van der Waals surface area contributed by atoms with Crippen molar-refractivity contribution in [3.63, 3.8) is 0 Å². The molecular weight excluding hydrogens is 374 g/mol. The average molecular weight is 404 g/mol. The van der Waals surface area contributed by atoms with Gasteiger partial charge in [0.2, 0.25) is 0 Å². The molecule has 0 unspecified atom stereocenters. The molecule has 0 spiro atoms. The SMILES string of the molecule is C/C=C(\c1ccccc1)C(P(=O)(OCC)OCC)P(=O)(OCC)OCC. The van der Waals surface area contributed by atoms with Crippen LogP contribution in [0.3, 0.4) is 0 Å². The first-order valence-electron chi connectivity index (χ1n) is 8.91. The van der Waals surface area contributed by atoms with Gasteiger partial charge >= 0.3 is 15.2 Å². The third-order valence-electron chi connectivity index (χ3n) is 3.53. The molecule has 0 saturated carbocycles. The van der Waals surface area contributed by atoms with Gasteiger partial charge in [-0.15, -0.1) is 0 Å². The summed E-state index contributed by atoms with van der Waals surface area (Å²) in [6.45, 7) is 9.25. The van der Waals surface area contributed by atoms with E-state index in [0.717, 1.165) is 5.56 Å². The summed E-state index contributed by atoms with van der Waals surface area (Å²) in [6.07, 6.45) is 1.76. The van der Waals surface area contributed by atoms with Crippen LogP contribution in [0.4, 0.5) is 0 Å². The monoisotopic (exact) mass is 404 g/mol. The smallest absolute Gasteiger partial charge is 0.308 e. The highest BCUT2D eigenvalue weighted by Gasteiger charge is 2.53. The van der Waals surface area contributed by atoms with Crippen LogP contribution in [-0.4, -0.2) is 31.8 Å². The highest BCUT2D eigenvalue weighted by molar-refractivity contribution is 7.73. The van der Waals surface area contributed by atoms with Gasteiger partial charge in [0.05, 0.1) is 26.4 Å². The number of hydrogen-bond donors (Lipinski definition) is 0. The Hall–Kier alpha value is -0.740. The van der Waals surface area contributed by atoms with Crippen molar-refractivity contribution < 1.29 is 27.2 Å². The molecule has 6 nitrogen and oxygen atoms in total. The first-order chi connectivity index (χ1) is 12.4. The summed E-state index contributed by atoms with van der Waals surface area (Å²) in [5, 5.41) is -1.16. The van der Waals surface area contributed by atoms with E-state index >= 15 is 0 Å². The van der Waals surface area contributed by atoms with Crippen molar-refractivity contribution in [2.75, 3.05) is 26.4 Å². The van der Waals surface area contributed by atoms with Gasteiger partial charge in [0.15, 0.2) is 5.40 Å². The Morgan fingerprint density at radius 2 is 1.23 bits per heavy atom. The molecule has 0 fully saturated rings. The highest BCUT2D eigenvalue weighted by atomic mass is 31.2. The Bertz CT molecular complexity index is 609. The van der Waals surface area contributed by atoms with Gasteiger partial charge in [-0.2, -0.15) is 0 Å². The molecule has 0 aromatic heterocycles. The van der Waals surface area contributed by atoms with Crippen LogP contribution in [0.25, 0.3) is 5.57 Å². The minimum atomic E-state index is -3.83. The molecule has 0 aliphatic rings. The zero-order chi connectivity index (χ0) is 19.6. The van der Waals surface area contributed by atoms with E-state index in [4.69, 9.17) is 18.1 Å². The molecule has 1 aromatic carbocycles. The molecule has 0 radical (unpaired) electrons. The normalized spacial score (nSPS) is 13.4. The van der Waals surface area contributed by atoms with E-state index in [1.807, 2.05) is 30.3 Å². The Balaban J connectivity index is 3.64.